The lowest BCUT2D eigenvalue weighted by Crippen LogP contribution is -2.31. The second-order valence-electron chi connectivity index (χ2n) is 4.59. The summed E-state index contributed by atoms with van der Waals surface area (Å²) < 4.78 is 13.3. The van der Waals surface area contributed by atoms with Crippen LogP contribution in [0.3, 0.4) is 0 Å². The van der Waals surface area contributed by atoms with Crippen LogP contribution in [0.5, 0.6) is 0 Å². The molecule has 0 saturated heterocycles. The fraction of sp³-hybridized carbons (Fsp3) is 0.533. The summed E-state index contributed by atoms with van der Waals surface area (Å²) in [5, 5.41) is 5.61. The Labute approximate surface area is 120 Å². The summed E-state index contributed by atoms with van der Waals surface area (Å²) in [6, 6.07) is 6.16. The van der Waals surface area contributed by atoms with Crippen LogP contribution < -0.4 is 10.6 Å². The maximum atomic E-state index is 13.3. The van der Waals surface area contributed by atoms with E-state index in [2.05, 4.69) is 29.4 Å². The van der Waals surface area contributed by atoms with Crippen LogP contribution in [0.2, 0.25) is 0 Å². The van der Waals surface area contributed by atoms with Gasteiger partial charge in [-0.25, -0.2) is 4.39 Å². The van der Waals surface area contributed by atoms with E-state index in [1.54, 1.807) is 18.2 Å². The Morgan fingerprint density at radius 2 is 1.95 bits per heavy atom. The molecule has 0 aliphatic heterocycles. The molecule has 1 aromatic carbocycles. The number of hydrogen-bond acceptors (Lipinski definition) is 3. The zero-order valence-electron chi connectivity index (χ0n) is 12.3. The lowest BCUT2D eigenvalue weighted by Gasteiger charge is -2.17. The van der Waals surface area contributed by atoms with Gasteiger partial charge in [0, 0.05) is 0 Å². The normalized spacial score (nSPS) is 10.8. The number of nitrogens with zero attached hydrogens (tertiary/aromatic N) is 1. The molecule has 0 saturated carbocycles. The number of para-hydroxylation sites is 1. The molecule has 5 heteroatoms. The predicted octanol–water partition coefficient (Wildman–Crippen LogP) is 2.09. The SMILES string of the molecule is CCN(CC)CCCNCC(=O)Nc1ccccc1F. The number of anilines is 1. The van der Waals surface area contributed by atoms with Crippen LogP contribution in [-0.2, 0) is 4.79 Å². The third-order valence-electron chi connectivity index (χ3n) is 3.16. The van der Waals surface area contributed by atoms with Gasteiger partial charge in [0.05, 0.1) is 12.2 Å². The molecule has 0 atom stereocenters. The minimum Gasteiger partial charge on any atom is -0.322 e. The highest BCUT2D eigenvalue weighted by Gasteiger charge is 2.05. The van der Waals surface area contributed by atoms with Gasteiger partial charge in [-0.3, -0.25) is 4.79 Å². The number of halogens is 1. The van der Waals surface area contributed by atoms with Crippen LogP contribution in [-0.4, -0.2) is 43.5 Å². The Balaban J connectivity index is 2.16. The molecule has 0 heterocycles. The largest absolute Gasteiger partial charge is 0.322 e. The van der Waals surface area contributed by atoms with E-state index < -0.39 is 5.82 Å². The van der Waals surface area contributed by atoms with Crippen molar-refractivity contribution in [2.24, 2.45) is 0 Å². The first kappa shape index (κ1) is 16.6. The van der Waals surface area contributed by atoms with E-state index in [9.17, 15) is 9.18 Å². The van der Waals surface area contributed by atoms with Crippen LogP contribution >= 0.6 is 0 Å². The average molecular weight is 281 g/mol. The second kappa shape index (κ2) is 9.44. The minimum atomic E-state index is -0.414. The molecule has 2 N–H and O–H groups in total. The summed E-state index contributed by atoms with van der Waals surface area (Å²) in [4.78, 5) is 14.0. The Bertz CT molecular complexity index is 408. The number of hydrogen-bond donors (Lipinski definition) is 2. The molecule has 4 nitrogen and oxygen atoms in total. The van der Waals surface area contributed by atoms with Gasteiger partial charge < -0.3 is 15.5 Å². The van der Waals surface area contributed by atoms with E-state index in [-0.39, 0.29) is 18.1 Å². The Morgan fingerprint density at radius 1 is 1.25 bits per heavy atom. The van der Waals surface area contributed by atoms with Gasteiger partial charge >= 0.3 is 0 Å². The Kier molecular flexibility index (Phi) is 7.84. The van der Waals surface area contributed by atoms with Crippen LogP contribution in [0.1, 0.15) is 20.3 Å². The van der Waals surface area contributed by atoms with Crippen molar-refractivity contribution < 1.29 is 9.18 Å². The van der Waals surface area contributed by atoms with Crippen molar-refractivity contribution in [2.45, 2.75) is 20.3 Å². The van der Waals surface area contributed by atoms with E-state index in [0.717, 1.165) is 32.6 Å². The molecule has 0 unspecified atom stereocenters. The van der Waals surface area contributed by atoms with Crippen molar-refractivity contribution in [3.8, 4) is 0 Å². The fourth-order valence-electron chi connectivity index (χ4n) is 1.93. The molecule has 0 fully saturated rings. The second-order valence-corrected chi connectivity index (χ2v) is 4.59. The molecule has 1 amide bonds. The topological polar surface area (TPSA) is 44.4 Å². The summed E-state index contributed by atoms with van der Waals surface area (Å²) in [7, 11) is 0. The minimum absolute atomic E-state index is 0.201. The molecule has 0 aromatic heterocycles. The summed E-state index contributed by atoms with van der Waals surface area (Å²) in [6.07, 6.45) is 0.995. The molecule has 1 aromatic rings. The fourth-order valence-corrected chi connectivity index (χ4v) is 1.93. The summed E-state index contributed by atoms with van der Waals surface area (Å²) >= 11 is 0. The van der Waals surface area contributed by atoms with Crippen molar-refractivity contribution in [2.75, 3.05) is 38.0 Å². The van der Waals surface area contributed by atoms with E-state index in [0.29, 0.717) is 0 Å². The van der Waals surface area contributed by atoms with E-state index >= 15 is 0 Å². The van der Waals surface area contributed by atoms with E-state index in [1.807, 2.05) is 0 Å². The van der Waals surface area contributed by atoms with Gasteiger partial charge in [0.15, 0.2) is 0 Å². The van der Waals surface area contributed by atoms with E-state index in [1.165, 1.54) is 6.07 Å². The first-order chi connectivity index (χ1) is 9.67. The van der Waals surface area contributed by atoms with Crippen molar-refractivity contribution in [3.05, 3.63) is 30.1 Å². The van der Waals surface area contributed by atoms with Crippen molar-refractivity contribution in [3.63, 3.8) is 0 Å². The third-order valence-corrected chi connectivity index (χ3v) is 3.16. The quantitative estimate of drug-likeness (QED) is 0.681. The molecule has 0 aliphatic carbocycles. The first-order valence-electron chi connectivity index (χ1n) is 7.14. The number of benzene rings is 1. The number of nitrogens with one attached hydrogen (secondary N) is 2. The highest BCUT2D eigenvalue weighted by molar-refractivity contribution is 5.92. The van der Waals surface area contributed by atoms with Crippen LogP contribution in [0, 0.1) is 5.82 Å². The molecule has 1 rings (SSSR count). The van der Waals surface area contributed by atoms with Gasteiger partial charge in [0.1, 0.15) is 5.82 Å². The third kappa shape index (κ3) is 6.12. The van der Waals surface area contributed by atoms with Crippen LogP contribution in [0.4, 0.5) is 10.1 Å². The van der Waals surface area contributed by atoms with Crippen molar-refractivity contribution in [1.82, 2.24) is 10.2 Å². The molecule has 0 radical (unpaired) electrons. The highest BCUT2D eigenvalue weighted by Crippen LogP contribution is 2.11. The van der Waals surface area contributed by atoms with Gasteiger partial charge in [-0.05, 0) is 44.7 Å². The molecule has 20 heavy (non-hydrogen) atoms. The lowest BCUT2D eigenvalue weighted by molar-refractivity contribution is -0.115. The standard InChI is InChI=1S/C15H24FN3O/c1-3-19(4-2)11-7-10-17-12-15(20)18-14-9-6-5-8-13(14)16/h5-6,8-9,17H,3-4,7,10-12H2,1-2H3,(H,18,20). The smallest absolute Gasteiger partial charge is 0.238 e. The predicted molar refractivity (Wildman–Crippen MR) is 80.3 cm³/mol. The monoisotopic (exact) mass is 281 g/mol. The molecule has 112 valence electrons. The van der Waals surface area contributed by atoms with Crippen molar-refractivity contribution >= 4 is 11.6 Å². The molecular weight excluding hydrogens is 257 g/mol. The Hall–Kier alpha value is -1.46. The van der Waals surface area contributed by atoms with E-state index in [4.69, 9.17) is 0 Å². The van der Waals surface area contributed by atoms with Gasteiger partial charge in [-0.2, -0.15) is 0 Å². The zero-order valence-corrected chi connectivity index (χ0v) is 12.3. The maximum absolute atomic E-state index is 13.3. The average Bonchev–Trinajstić information content (AvgIpc) is 2.45. The van der Waals surface area contributed by atoms with Gasteiger partial charge in [-0.1, -0.05) is 26.0 Å². The van der Waals surface area contributed by atoms with Crippen LogP contribution in [0.25, 0.3) is 0 Å². The molecule has 0 bridgehead atoms. The molecule has 0 spiro atoms. The summed E-state index contributed by atoms with van der Waals surface area (Å²) in [5.74, 6) is -0.639. The number of amides is 1. The maximum Gasteiger partial charge on any atom is 0.238 e. The number of rotatable bonds is 9. The Morgan fingerprint density at radius 3 is 2.60 bits per heavy atom. The van der Waals surface area contributed by atoms with Gasteiger partial charge in [-0.15, -0.1) is 0 Å². The highest BCUT2D eigenvalue weighted by atomic mass is 19.1. The molecular formula is C15H24FN3O. The zero-order chi connectivity index (χ0) is 14.8. The molecule has 0 aliphatic rings. The summed E-state index contributed by atoms with van der Waals surface area (Å²) in [5.41, 5.74) is 0.224. The van der Waals surface area contributed by atoms with Crippen LogP contribution in [0.15, 0.2) is 24.3 Å². The first-order valence-corrected chi connectivity index (χ1v) is 7.14. The number of carbonyl (C=O) groups is 1. The number of carbonyl (C=O) groups excluding carboxylic acids is 1. The lowest BCUT2D eigenvalue weighted by atomic mass is 10.3. The van der Waals surface area contributed by atoms with Gasteiger partial charge in [0.25, 0.3) is 0 Å². The van der Waals surface area contributed by atoms with Gasteiger partial charge in [0.2, 0.25) is 5.91 Å². The van der Waals surface area contributed by atoms with Crippen molar-refractivity contribution in [1.29, 1.82) is 0 Å². The summed E-state index contributed by atoms with van der Waals surface area (Å²) in [6.45, 7) is 8.37.